The molecule has 6 heteroatoms. The number of aryl methyl sites for hydroxylation is 1. The van der Waals surface area contributed by atoms with E-state index in [9.17, 15) is 0 Å². The minimum Gasteiger partial charge on any atom is -0.509 e. The van der Waals surface area contributed by atoms with Crippen LogP contribution in [0.4, 0.5) is 0 Å². The van der Waals surface area contributed by atoms with E-state index < -0.39 is 0 Å². The Labute approximate surface area is 307 Å². The van der Waals surface area contributed by atoms with Crippen molar-refractivity contribution >= 4 is 21.8 Å². The second-order valence-corrected chi connectivity index (χ2v) is 13.5. The fraction of sp³-hybridized carbons (Fsp3) is 0.136. The molecule has 0 N–H and O–H groups in total. The summed E-state index contributed by atoms with van der Waals surface area (Å²) in [7, 11) is 0. The molecule has 0 unspecified atom stereocenters. The standard InChI is InChI=1S/C44H36N4O.Pt/c1-29-43(32-15-10-7-11-16-32)30(2)48(46-29)35-17-12-18-36(27-35)49-37-20-21-38-39-25-33(31-13-8-6-9-14-31)19-22-40(39)47(41(38)28-37)42-26-34(23-24-45-42)44(3,4)5;/h6-26H,1-5H3;/q-2;+2. The maximum atomic E-state index is 6.48. The quantitative estimate of drug-likeness (QED) is 0.157. The predicted octanol–water partition coefficient (Wildman–Crippen LogP) is 11.0. The van der Waals surface area contributed by atoms with Gasteiger partial charge in [-0.3, -0.25) is 4.68 Å². The Morgan fingerprint density at radius 1 is 0.660 bits per heavy atom. The number of hydrogen-bond donors (Lipinski definition) is 0. The van der Waals surface area contributed by atoms with Crippen molar-refractivity contribution in [2.24, 2.45) is 0 Å². The van der Waals surface area contributed by atoms with E-state index in [4.69, 9.17) is 14.8 Å². The summed E-state index contributed by atoms with van der Waals surface area (Å²) in [6.07, 6.45) is 1.90. The molecule has 0 radical (unpaired) electrons. The molecule has 3 aromatic heterocycles. The first-order valence-corrected chi connectivity index (χ1v) is 16.6. The summed E-state index contributed by atoms with van der Waals surface area (Å²) in [4.78, 5) is 4.86. The van der Waals surface area contributed by atoms with E-state index in [1.54, 1.807) is 0 Å². The second-order valence-electron chi connectivity index (χ2n) is 13.5. The minimum absolute atomic E-state index is 0. The molecule has 8 rings (SSSR count). The number of pyridine rings is 1. The topological polar surface area (TPSA) is 44.9 Å². The van der Waals surface area contributed by atoms with Crippen molar-refractivity contribution in [3.63, 3.8) is 0 Å². The third kappa shape index (κ3) is 6.07. The summed E-state index contributed by atoms with van der Waals surface area (Å²) in [5.74, 6) is 2.03. The number of ether oxygens (including phenoxy) is 1. The normalized spacial score (nSPS) is 11.5. The van der Waals surface area contributed by atoms with Crippen LogP contribution in [0.3, 0.4) is 0 Å². The Bertz CT molecular complexity index is 2470. The molecule has 5 nitrogen and oxygen atoms in total. The van der Waals surface area contributed by atoms with E-state index in [1.807, 2.05) is 54.2 Å². The molecular formula is C44H36N4OPt. The molecule has 0 fully saturated rings. The monoisotopic (exact) mass is 831 g/mol. The van der Waals surface area contributed by atoms with Crippen molar-refractivity contribution in [1.82, 2.24) is 19.3 Å². The van der Waals surface area contributed by atoms with Gasteiger partial charge in [0.1, 0.15) is 5.82 Å². The van der Waals surface area contributed by atoms with Crippen LogP contribution in [0.5, 0.6) is 11.5 Å². The molecule has 0 aliphatic heterocycles. The van der Waals surface area contributed by atoms with Gasteiger partial charge in [-0.15, -0.1) is 35.7 Å². The zero-order valence-corrected chi connectivity index (χ0v) is 30.9. The van der Waals surface area contributed by atoms with Crippen LogP contribution in [0.15, 0.2) is 128 Å². The molecular weight excluding hydrogens is 796 g/mol. The fourth-order valence-corrected chi connectivity index (χ4v) is 6.68. The number of fused-ring (bicyclic) bond motifs is 3. The van der Waals surface area contributed by atoms with Gasteiger partial charge in [0.25, 0.3) is 0 Å². The van der Waals surface area contributed by atoms with Crippen LogP contribution in [0.25, 0.3) is 55.6 Å². The van der Waals surface area contributed by atoms with Crippen LogP contribution in [0.2, 0.25) is 0 Å². The third-order valence-electron chi connectivity index (χ3n) is 9.15. The average molecular weight is 832 g/mol. The first-order chi connectivity index (χ1) is 23.7. The van der Waals surface area contributed by atoms with E-state index >= 15 is 0 Å². The molecule has 0 spiro atoms. The SMILES string of the molecule is Cc1nn(-c2[c-]c(Oc3[c-]c4c(cc3)c3cc(-c5ccccc5)ccc3n4-c3cc(C(C)(C)C)ccn3)ccc2)c(C)c1-c1ccccc1.[Pt+2]. The van der Waals surface area contributed by atoms with Gasteiger partial charge in [0.05, 0.1) is 5.69 Å². The molecule has 0 atom stereocenters. The van der Waals surface area contributed by atoms with Crippen molar-refractivity contribution in [2.75, 3.05) is 0 Å². The molecule has 0 amide bonds. The molecule has 248 valence electrons. The van der Waals surface area contributed by atoms with E-state index in [0.29, 0.717) is 11.5 Å². The summed E-state index contributed by atoms with van der Waals surface area (Å²) < 4.78 is 10.6. The Balaban J connectivity index is 0.00000392. The molecule has 0 bridgehead atoms. The van der Waals surface area contributed by atoms with Gasteiger partial charge in [0.15, 0.2) is 0 Å². The van der Waals surface area contributed by atoms with Gasteiger partial charge in [0, 0.05) is 34.5 Å². The summed E-state index contributed by atoms with van der Waals surface area (Å²) >= 11 is 0. The van der Waals surface area contributed by atoms with E-state index in [1.165, 1.54) is 11.1 Å². The first kappa shape index (κ1) is 33.3. The molecule has 0 aliphatic rings. The molecule has 8 aromatic rings. The first-order valence-electron chi connectivity index (χ1n) is 16.6. The van der Waals surface area contributed by atoms with Crippen molar-refractivity contribution in [2.45, 2.75) is 40.0 Å². The summed E-state index contributed by atoms with van der Waals surface area (Å²) in [6, 6.07) is 48.8. The Kier molecular flexibility index (Phi) is 8.80. The number of aromatic nitrogens is 4. The number of rotatable bonds is 6. The Morgan fingerprint density at radius 3 is 2.12 bits per heavy atom. The minimum atomic E-state index is -0.0247. The Morgan fingerprint density at radius 2 is 1.38 bits per heavy atom. The van der Waals surface area contributed by atoms with E-state index in [-0.39, 0.29) is 26.5 Å². The van der Waals surface area contributed by atoms with Crippen LogP contribution in [0.1, 0.15) is 37.7 Å². The van der Waals surface area contributed by atoms with Crippen LogP contribution in [-0.4, -0.2) is 19.3 Å². The number of hydrogen-bond acceptors (Lipinski definition) is 3. The smallest absolute Gasteiger partial charge is 0.509 e. The van der Waals surface area contributed by atoms with Gasteiger partial charge in [-0.05, 0) is 70.8 Å². The van der Waals surface area contributed by atoms with Crippen LogP contribution >= 0.6 is 0 Å². The predicted molar refractivity (Wildman–Crippen MR) is 199 cm³/mol. The van der Waals surface area contributed by atoms with Crippen molar-refractivity contribution in [3.05, 3.63) is 157 Å². The maximum Gasteiger partial charge on any atom is 2.00 e. The van der Waals surface area contributed by atoms with Gasteiger partial charge in [0.2, 0.25) is 0 Å². The molecule has 5 aromatic carbocycles. The molecule has 0 aliphatic carbocycles. The molecule has 0 saturated carbocycles. The maximum absolute atomic E-state index is 6.48. The third-order valence-corrected chi connectivity index (χ3v) is 9.15. The number of nitrogens with zero attached hydrogens (tertiary/aromatic N) is 4. The summed E-state index contributed by atoms with van der Waals surface area (Å²) in [6.45, 7) is 10.8. The van der Waals surface area contributed by atoms with E-state index in [2.05, 4.69) is 129 Å². The van der Waals surface area contributed by atoms with Gasteiger partial charge in [-0.1, -0.05) is 99.1 Å². The van der Waals surface area contributed by atoms with Crippen molar-refractivity contribution in [1.29, 1.82) is 0 Å². The van der Waals surface area contributed by atoms with Crippen molar-refractivity contribution in [3.8, 4) is 45.3 Å². The summed E-state index contributed by atoms with van der Waals surface area (Å²) in [5, 5.41) is 7.09. The van der Waals surface area contributed by atoms with Crippen LogP contribution in [-0.2, 0) is 26.5 Å². The fourth-order valence-electron chi connectivity index (χ4n) is 6.68. The Hall–Kier alpha value is -5.25. The van der Waals surface area contributed by atoms with E-state index in [0.717, 1.165) is 61.4 Å². The second kappa shape index (κ2) is 13.2. The molecule has 3 heterocycles. The van der Waals surface area contributed by atoms with Gasteiger partial charge in [-0.25, -0.2) is 4.98 Å². The molecule has 50 heavy (non-hydrogen) atoms. The largest absolute Gasteiger partial charge is 2.00 e. The molecule has 0 saturated heterocycles. The van der Waals surface area contributed by atoms with Crippen molar-refractivity contribution < 1.29 is 25.8 Å². The van der Waals surface area contributed by atoms with Gasteiger partial charge >= 0.3 is 21.1 Å². The average Bonchev–Trinajstić information content (AvgIpc) is 3.60. The van der Waals surface area contributed by atoms with Gasteiger partial charge < -0.3 is 9.30 Å². The zero-order chi connectivity index (χ0) is 33.7. The summed E-state index contributed by atoms with van der Waals surface area (Å²) in [5.41, 5.74) is 10.6. The van der Waals surface area contributed by atoms with Crippen LogP contribution in [0, 0.1) is 26.0 Å². The van der Waals surface area contributed by atoms with Gasteiger partial charge in [-0.2, -0.15) is 17.2 Å². The van der Waals surface area contributed by atoms with Crippen LogP contribution < -0.4 is 4.74 Å². The number of benzene rings is 5. The zero-order valence-electron chi connectivity index (χ0n) is 28.6.